The Bertz CT molecular complexity index is 1140. The van der Waals surface area contributed by atoms with Crippen molar-refractivity contribution in [2.75, 3.05) is 24.9 Å². The van der Waals surface area contributed by atoms with Gasteiger partial charge in [-0.05, 0) is 35.9 Å². The summed E-state index contributed by atoms with van der Waals surface area (Å²) in [5.41, 5.74) is 2.79. The lowest BCUT2D eigenvalue weighted by Gasteiger charge is -2.10. The van der Waals surface area contributed by atoms with Crippen molar-refractivity contribution >= 4 is 34.9 Å². The van der Waals surface area contributed by atoms with Crippen LogP contribution in [-0.2, 0) is 20.9 Å². The van der Waals surface area contributed by atoms with Crippen molar-refractivity contribution in [3.8, 4) is 16.9 Å². The molecule has 9 heteroatoms. The number of fused-ring (bicyclic) bond motifs is 1. The Kier molecular flexibility index (Phi) is 5.92. The van der Waals surface area contributed by atoms with E-state index in [0.29, 0.717) is 28.0 Å². The molecule has 4 rings (SSSR count). The second-order valence-corrected chi connectivity index (χ2v) is 7.48. The molecule has 0 fully saturated rings. The van der Waals surface area contributed by atoms with Crippen LogP contribution in [0.25, 0.3) is 11.1 Å². The molecule has 1 aliphatic rings. The summed E-state index contributed by atoms with van der Waals surface area (Å²) < 4.78 is 12.2. The predicted molar refractivity (Wildman–Crippen MR) is 117 cm³/mol. The van der Waals surface area contributed by atoms with Crippen LogP contribution < -0.4 is 15.4 Å². The van der Waals surface area contributed by atoms with E-state index in [2.05, 4.69) is 15.7 Å². The van der Waals surface area contributed by atoms with Crippen LogP contribution >= 0.6 is 11.6 Å². The van der Waals surface area contributed by atoms with Gasteiger partial charge in [0.05, 0.1) is 31.4 Å². The highest BCUT2D eigenvalue weighted by molar-refractivity contribution is 6.30. The van der Waals surface area contributed by atoms with E-state index in [9.17, 15) is 9.59 Å². The lowest BCUT2D eigenvalue weighted by Crippen LogP contribution is -2.24. The lowest BCUT2D eigenvalue weighted by atomic mass is 10.1. The third-order valence-corrected chi connectivity index (χ3v) is 5.18. The summed E-state index contributed by atoms with van der Waals surface area (Å²) in [6, 6.07) is 13.5. The van der Waals surface area contributed by atoms with Crippen LogP contribution in [0.1, 0.15) is 18.2 Å². The van der Waals surface area contributed by atoms with Crippen molar-refractivity contribution in [1.82, 2.24) is 9.78 Å². The number of nitrogens with zero attached hydrogens (tertiary/aromatic N) is 2. The summed E-state index contributed by atoms with van der Waals surface area (Å²) in [5, 5.41) is 10.7. The van der Waals surface area contributed by atoms with Crippen LogP contribution in [0.3, 0.4) is 0 Å². The highest BCUT2D eigenvalue weighted by Crippen LogP contribution is 2.39. The molecule has 2 heterocycles. The molecule has 160 valence electrons. The lowest BCUT2D eigenvalue weighted by molar-refractivity contribution is -0.123. The molecule has 0 aliphatic carbocycles. The third-order valence-electron chi connectivity index (χ3n) is 4.95. The maximum atomic E-state index is 12.7. The molecule has 8 nitrogen and oxygen atoms in total. The summed E-state index contributed by atoms with van der Waals surface area (Å²) in [6.45, 7) is 0.254. The second kappa shape index (κ2) is 8.79. The van der Waals surface area contributed by atoms with Gasteiger partial charge in [-0.1, -0.05) is 29.8 Å². The number of rotatable bonds is 7. The summed E-state index contributed by atoms with van der Waals surface area (Å²) in [7, 11) is 3.17. The number of benzene rings is 2. The minimum absolute atomic E-state index is 0.0724. The highest BCUT2D eigenvalue weighted by Gasteiger charge is 2.37. The van der Waals surface area contributed by atoms with E-state index in [-0.39, 0.29) is 24.8 Å². The molecule has 31 heavy (non-hydrogen) atoms. The molecule has 2 N–H and O–H groups in total. The van der Waals surface area contributed by atoms with Crippen molar-refractivity contribution in [3.05, 3.63) is 59.2 Å². The fraction of sp³-hybridized carbons (Fsp3) is 0.227. The molecule has 1 aliphatic heterocycles. The molecular weight excluding hydrogens is 420 g/mol. The van der Waals surface area contributed by atoms with Crippen molar-refractivity contribution in [2.45, 2.75) is 19.1 Å². The van der Waals surface area contributed by atoms with E-state index < -0.39 is 6.04 Å². The van der Waals surface area contributed by atoms with Gasteiger partial charge >= 0.3 is 0 Å². The van der Waals surface area contributed by atoms with Crippen LogP contribution in [-0.4, -0.2) is 35.8 Å². The number of halogens is 1. The van der Waals surface area contributed by atoms with Gasteiger partial charge in [-0.3, -0.25) is 9.59 Å². The maximum Gasteiger partial charge on any atom is 0.251 e. The van der Waals surface area contributed by atoms with E-state index in [0.717, 1.165) is 11.1 Å². The first kappa shape index (κ1) is 20.9. The fourth-order valence-corrected chi connectivity index (χ4v) is 3.78. The van der Waals surface area contributed by atoms with E-state index >= 15 is 0 Å². The molecule has 0 saturated carbocycles. The molecule has 2 aromatic carbocycles. The van der Waals surface area contributed by atoms with Crippen LogP contribution in [0.5, 0.6) is 5.75 Å². The van der Waals surface area contributed by atoms with E-state index in [1.807, 2.05) is 24.3 Å². The average Bonchev–Trinajstić information content (AvgIpc) is 3.23. The summed E-state index contributed by atoms with van der Waals surface area (Å²) in [6.07, 6.45) is -0.0724. The van der Waals surface area contributed by atoms with Crippen LogP contribution in [0.4, 0.5) is 11.5 Å². The Hall–Kier alpha value is -3.36. The molecule has 1 aromatic heterocycles. The second-order valence-electron chi connectivity index (χ2n) is 7.05. The molecule has 0 bridgehead atoms. The number of carbonyl (C=O) groups is 2. The topological polar surface area (TPSA) is 94.5 Å². The van der Waals surface area contributed by atoms with Gasteiger partial charge in [-0.25, -0.2) is 4.68 Å². The average molecular weight is 441 g/mol. The standard InChI is InChI=1S/C22H21ClN4O4/c1-30-12-17-20(13-5-3-8-16(9-13)31-2)21-25-22(29)18(27(21)26-17)11-19(28)24-15-7-4-6-14(23)10-15/h3-10,18H,11-12H2,1-2H3,(H,24,28)(H,25,29). The summed E-state index contributed by atoms with van der Waals surface area (Å²) >= 11 is 5.97. The molecule has 0 spiro atoms. The number of carbonyl (C=O) groups excluding carboxylic acids is 2. The van der Waals surface area contributed by atoms with Gasteiger partial charge in [-0.15, -0.1) is 0 Å². The number of nitrogens with one attached hydrogen (secondary N) is 2. The van der Waals surface area contributed by atoms with Gasteiger partial charge in [0.15, 0.2) is 0 Å². The number of amides is 2. The van der Waals surface area contributed by atoms with Crippen LogP contribution in [0.2, 0.25) is 5.02 Å². The molecule has 0 radical (unpaired) electrons. The zero-order valence-corrected chi connectivity index (χ0v) is 17.8. The van der Waals surface area contributed by atoms with Crippen molar-refractivity contribution in [1.29, 1.82) is 0 Å². The van der Waals surface area contributed by atoms with Gasteiger partial charge in [0.1, 0.15) is 17.6 Å². The first-order valence-electron chi connectivity index (χ1n) is 9.61. The first-order valence-corrected chi connectivity index (χ1v) is 9.99. The zero-order chi connectivity index (χ0) is 22.0. The Morgan fingerprint density at radius 1 is 1.23 bits per heavy atom. The number of ether oxygens (including phenoxy) is 2. The highest BCUT2D eigenvalue weighted by atomic mass is 35.5. The smallest absolute Gasteiger partial charge is 0.251 e. The summed E-state index contributed by atoms with van der Waals surface area (Å²) in [5.74, 6) is 0.604. The number of aromatic nitrogens is 2. The van der Waals surface area contributed by atoms with E-state index in [1.165, 1.54) is 0 Å². The van der Waals surface area contributed by atoms with E-state index in [4.69, 9.17) is 21.1 Å². The SMILES string of the molecule is COCc1nn2c(c1-c1cccc(OC)c1)NC(=O)C2CC(=O)Nc1cccc(Cl)c1. The molecule has 2 amide bonds. The molecule has 0 saturated heterocycles. The van der Waals surface area contributed by atoms with Crippen molar-refractivity contribution < 1.29 is 19.1 Å². The monoisotopic (exact) mass is 440 g/mol. The number of methoxy groups -OCH3 is 2. The van der Waals surface area contributed by atoms with Gasteiger partial charge in [0.2, 0.25) is 5.91 Å². The number of hydrogen-bond donors (Lipinski definition) is 2. The molecule has 1 atom stereocenters. The van der Waals surface area contributed by atoms with Crippen molar-refractivity contribution in [3.63, 3.8) is 0 Å². The minimum atomic E-state index is -0.774. The van der Waals surface area contributed by atoms with E-state index in [1.54, 1.807) is 43.2 Å². The normalized spacial score (nSPS) is 14.8. The number of anilines is 2. The molecule has 1 unspecified atom stereocenters. The first-order chi connectivity index (χ1) is 15.0. The van der Waals surface area contributed by atoms with Gasteiger partial charge in [0.25, 0.3) is 5.91 Å². The fourth-order valence-electron chi connectivity index (χ4n) is 3.59. The molecular formula is C22H21ClN4O4. The largest absolute Gasteiger partial charge is 0.497 e. The van der Waals surface area contributed by atoms with Gasteiger partial charge < -0.3 is 20.1 Å². The van der Waals surface area contributed by atoms with Gasteiger partial charge in [0, 0.05) is 17.8 Å². The Morgan fingerprint density at radius 2 is 2.03 bits per heavy atom. The minimum Gasteiger partial charge on any atom is -0.497 e. The Labute approximate surface area is 184 Å². The molecule has 3 aromatic rings. The summed E-state index contributed by atoms with van der Waals surface area (Å²) in [4.78, 5) is 25.3. The quantitative estimate of drug-likeness (QED) is 0.581. The van der Waals surface area contributed by atoms with Crippen LogP contribution in [0.15, 0.2) is 48.5 Å². The Balaban J connectivity index is 1.64. The third kappa shape index (κ3) is 4.26. The predicted octanol–water partition coefficient (Wildman–Crippen LogP) is 3.88. The zero-order valence-electron chi connectivity index (χ0n) is 17.0. The Morgan fingerprint density at radius 3 is 2.77 bits per heavy atom. The van der Waals surface area contributed by atoms with Crippen LogP contribution in [0, 0.1) is 0 Å². The number of hydrogen-bond acceptors (Lipinski definition) is 5. The van der Waals surface area contributed by atoms with Crippen molar-refractivity contribution in [2.24, 2.45) is 0 Å². The van der Waals surface area contributed by atoms with Gasteiger partial charge in [-0.2, -0.15) is 5.10 Å². The maximum absolute atomic E-state index is 12.7.